The molecule has 0 amide bonds. The van der Waals surface area contributed by atoms with E-state index in [9.17, 15) is 5.26 Å². The fraction of sp³-hybridized carbons (Fsp3) is 0.114. The summed E-state index contributed by atoms with van der Waals surface area (Å²) in [6, 6.07) is 46.0. The van der Waals surface area contributed by atoms with E-state index in [0.717, 1.165) is 55.9 Å². The summed E-state index contributed by atoms with van der Waals surface area (Å²) < 4.78 is 0. The number of hydrogen-bond donors (Lipinski definition) is 0. The van der Waals surface area contributed by atoms with Gasteiger partial charge in [0.2, 0.25) is 0 Å². The molecule has 49 heavy (non-hydrogen) atoms. The lowest BCUT2D eigenvalue weighted by Gasteiger charge is -2.22. The van der Waals surface area contributed by atoms with Gasteiger partial charge in [0.15, 0.2) is 17.5 Å². The van der Waals surface area contributed by atoms with Gasteiger partial charge in [0.05, 0.1) is 11.6 Å². The highest BCUT2D eigenvalue weighted by Crippen LogP contribution is 2.50. The number of rotatable bonds is 5. The summed E-state index contributed by atoms with van der Waals surface area (Å²) >= 11 is 0. The summed E-state index contributed by atoms with van der Waals surface area (Å²) in [5.41, 5.74) is 14.2. The molecule has 0 bridgehead atoms. The van der Waals surface area contributed by atoms with E-state index in [-0.39, 0.29) is 5.41 Å². The van der Waals surface area contributed by atoms with Gasteiger partial charge in [-0.15, -0.1) is 0 Å². The molecular weight excluding hydrogens is 599 g/mol. The highest BCUT2D eigenvalue weighted by Gasteiger charge is 2.35. The molecule has 0 radical (unpaired) electrons. The maximum Gasteiger partial charge on any atom is 0.164 e. The van der Waals surface area contributed by atoms with E-state index in [2.05, 4.69) is 81.4 Å². The minimum atomic E-state index is -0.212. The number of aryl methyl sites for hydroxylation is 2. The molecule has 8 rings (SSSR count). The van der Waals surface area contributed by atoms with Crippen molar-refractivity contribution in [2.45, 2.75) is 33.1 Å². The van der Waals surface area contributed by atoms with Gasteiger partial charge in [-0.05, 0) is 95.3 Å². The molecule has 1 aliphatic rings. The van der Waals surface area contributed by atoms with E-state index in [1.807, 2.05) is 79.7 Å². The standard InChI is InChI=1S/C44H33N5/c1-27-15-18-36(28(2)46-27)34-22-33(32-17-19-37-38-21-29(26-45)16-20-39(38)44(3,4)40(37)25-32)23-35(24-34)43-48-41(30-11-7-5-8-12-30)47-42(49-43)31-13-9-6-10-14-31/h5-25H,1-4H3. The normalized spacial score (nSPS) is 12.6. The second-order valence-electron chi connectivity index (χ2n) is 13.2. The predicted molar refractivity (Wildman–Crippen MR) is 197 cm³/mol. The SMILES string of the molecule is Cc1ccc(-c2cc(-c3ccc4c(c3)C(C)(C)c3ccc(C#N)cc3-4)cc(-c3nc(-c4ccccc4)nc(-c4ccccc4)n3)c2)c(C)n1. The third kappa shape index (κ3) is 5.38. The van der Waals surface area contributed by atoms with Crippen LogP contribution in [-0.2, 0) is 5.41 Å². The van der Waals surface area contributed by atoms with Crippen molar-refractivity contribution >= 4 is 0 Å². The van der Waals surface area contributed by atoms with E-state index in [1.54, 1.807) is 0 Å². The molecule has 2 heterocycles. The molecule has 0 saturated heterocycles. The van der Waals surface area contributed by atoms with E-state index in [4.69, 9.17) is 19.9 Å². The Balaban J connectivity index is 1.34. The van der Waals surface area contributed by atoms with Gasteiger partial charge >= 0.3 is 0 Å². The predicted octanol–water partition coefficient (Wildman–Crippen LogP) is 10.4. The van der Waals surface area contributed by atoms with Crippen LogP contribution in [0.15, 0.2) is 127 Å². The van der Waals surface area contributed by atoms with Crippen molar-refractivity contribution in [2.75, 3.05) is 0 Å². The van der Waals surface area contributed by atoms with Crippen molar-refractivity contribution in [1.82, 2.24) is 19.9 Å². The van der Waals surface area contributed by atoms with Gasteiger partial charge in [-0.3, -0.25) is 4.98 Å². The van der Waals surface area contributed by atoms with Crippen molar-refractivity contribution in [3.63, 3.8) is 0 Å². The van der Waals surface area contributed by atoms with Crippen LogP contribution < -0.4 is 0 Å². The Hall–Kier alpha value is -6.25. The highest BCUT2D eigenvalue weighted by molar-refractivity contribution is 5.86. The van der Waals surface area contributed by atoms with Crippen LogP contribution in [0.1, 0.15) is 41.9 Å². The third-order valence-corrected chi connectivity index (χ3v) is 9.57. The van der Waals surface area contributed by atoms with E-state index >= 15 is 0 Å². The summed E-state index contributed by atoms with van der Waals surface area (Å²) in [4.78, 5) is 19.9. The van der Waals surface area contributed by atoms with Crippen LogP contribution in [0.2, 0.25) is 0 Å². The van der Waals surface area contributed by atoms with Crippen LogP contribution in [-0.4, -0.2) is 19.9 Å². The monoisotopic (exact) mass is 631 g/mol. The maximum absolute atomic E-state index is 9.61. The first-order valence-electron chi connectivity index (χ1n) is 16.5. The minimum Gasteiger partial charge on any atom is -0.258 e. The van der Waals surface area contributed by atoms with Crippen molar-refractivity contribution in [2.24, 2.45) is 0 Å². The molecule has 0 fully saturated rings. The minimum absolute atomic E-state index is 0.212. The lowest BCUT2D eigenvalue weighted by atomic mass is 9.81. The first-order chi connectivity index (χ1) is 23.8. The van der Waals surface area contributed by atoms with Crippen molar-refractivity contribution in [3.8, 4) is 73.6 Å². The van der Waals surface area contributed by atoms with Gasteiger partial charge in [-0.2, -0.15) is 5.26 Å². The number of hydrogen-bond acceptors (Lipinski definition) is 5. The summed E-state index contributed by atoms with van der Waals surface area (Å²) in [6.45, 7) is 8.60. The molecule has 7 aromatic rings. The summed E-state index contributed by atoms with van der Waals surface area (Å²) in [6.07, 6.45) is 0. The first kappa shape index (κ1) is 30.1. The van der Waals surface area contributed by atoms with E-state index in [1.165, 1.54) is 16.7 Å². The molecule has 234 valence electrons. The van der Waals surface area contributed by atoms with Gasteiger partial charge in [-0.1, -0.05) is 98.8 Å². The highest BCUT2D eigenvalue weighted by atomic mass is 15.0. The Morgan fingerprint density at radius 2 is 1.06 bits per heavy atom. The molecule has 0 unspecified atom stereocenters. The molecule has 5 nitrogen and oxygen atoms in total. The Bertz CT molecular complexity index is 2380. The number of aromatic nitrogens is 4. The summed E-state index contributed by atoms with van der Waals surface area (Å²) in [5, 5.41) is 9.61. The molecule has 0 saturated carbocycles. The second-order valence-corrected chi connectivity index (χ2v) is 13.2. The molecule has 0 aliphatic heterocycles. The molecule has 2 aromatic heterocycles. The Morgan fingerprint density at radius 3 is 1.69 bits per heavy atom. The lowest BCUT2D eigenvalue weighted by Crippen LogP contribution is -2.15. The van der Waals surface area contributed by atoms with Crippen molar-refractivity contribution in [3.05, 3.63) is 155 Å². The fourth-order valence-corrected chi connectivity index (χ4v) is 7.01. The van der Waals surface area contributed by atoms with Crippen LogP contribution >= 0.6 is 0 Å². The van der Waals surface area contributed by atoms with E-state index in [0.29, 0.717) is 23.0 Å². The van der Waals surface area contributed by atoms with Crippen LogP contribution in [0.5, 0.6) is 0 Å². The molecule has 0 N–H and O–H groups in total. The zero-order valence-electron chi connectivity index (χ0n) is 27.9. The van der Waals surface area contributed by atoms with Crippen LogP contribution in [0.3, 0.4) is 0 Å². The van der Waals surface area contributed by atoms with Gasteiger partial charge in [0.25, 0.3) is 0 Å². The second kappa shape index (κ2) is 11.8. The maximum atomic E-state index is 9.61. The number of nitrogens with zero attached hydrogens (tertiary/aromatic N) is 5. The zero-order chi connectivity index (χ0) is 33.7. The molecule has 1 aliphatic carbocycles. The number of nitriles is 1. The molecule has 0 spiro atoms. The Labute approximate surface area is 286 Å². The summed E-state index contributed by atoms with van der Waals surface area (Å²) in [5.74, 6) is 1.85. The summed E-state index contributed by atoms with van der Waals surface area (Å²) in [7, 11) is 0. The number of fused-ring (bicyclic) bond motifs is 3. The smallest absolute Gasteiger partial charge is 0.164 e. The number of benzene rings is 5. The first-order valence-corrected chi connectivity index (χ1v) is 16.5. The Morgan fingerprint density at radius 1 is 0.469 bits per heavy atom. The van der Waals surface area contributed by atoms with Crippen LogP contribution in [0.25, 0.3) is 67.5 Å². The van der Waals surface area contributed by atoms with Gasteiger partial charge in [0.1, 0.15) is 0 Å². The van der Waals surface area contributed by atoms with Gasteiger partial charge in [-0.25, -0.2) is 15.0 Å². The topological polar surface area (TPSA) is 75.3 Å². The average Bonchev–Trinajstić information content (AvgIpc) is 3.36. The molecule has 5 heteroatoms. The third-order valence-electron chi connectivity index (χ3n) is 9.57. The largest absolute Gasteiger partial charge is 0.258 e. The van der Waals surface area contributed by atoms with Crippen molar-refractivity contribution in [1.29, 1.82) is 5.26 Å². The van der Waals surface area contributed by atoms with Gasteiger partial charge < -0.3 is 0 Å². The zero-order valence-corrected chi connectivity index (χ0v) is 27.9. The average molecular weight is 632 g/mol. The van der Waals surface area contributed by atoms with E-state index < -0.39 is 0 Å². The molecule has 0 atom stereocenters. The molecular formula is C44H33N5. The molecule has 5 aromatic carbocycles. The Kier molecular flexibility index (Phi) is 7.23. The van der Waals surface area contributed by atoms with Crippen molar-refractivity contribution < 1.29 is 0 Å². The van der Waals surface area contributed by atoms with Crippen LogP contribution in [0, 0.1) is 25.2 Å². The fourth-order valence-electron chi connectivity index (χ4n) is 7.01. The lowest BCUT2D eigenvalue weighted by molar-refractivity contribution is 0.660. The van der Waals surface area contributed by atoms with Gasteiger partial charge in [0, 0.05) is 39.1 Å². The number of pyridine rings is 1. The quantitative estimate of drug-likeness (QED) is 0.189. The van der Waals surface area contributed by atoms with Crippen LogP contribution in [0.4, 0.5) is 0 Å².